The number of halogens is 2. The lowest BCUT2D eigenvalue weighted by molar-refractivity contribution is -0.121. The molecule has 0 spiro atoms. The Labute approximate surface area is 194 Å². The summed E-state index contributed by atoms with van der Waals surface area (Å²) in [5.74, 6) is -2.37. The zero-order valence-electron chi connectivity index (χ0n) is 18.9. The van der Waals surface area contributed by atoms with E-state index < -0.39 is 21.7 Å². The van der Waals surface area contributed by atoms with Crippen molar-refractivity contribution in [2.45, 2.75) is 45.2 Å². The Morgan fingerprint density at radius 3 is 2.39 bits per heavy atom. The summed E-state index contributed by atoms with van der Waals surface area (Å²) in [6, 6.07) is 11.0. The summed E-state index contributed by atoms with van der Waals surface area (Å²) in [6.07, 6.45) is 5.06. The van der Waals surface area contributed by atoms with Gasteiger partial charge in [-0.25, -0.2) is 17.2 Å². The average molecular weight is 480 g/mol. The molecule has 1 saturated heterocycles. The van der Waals surface area contributed by atoms with Crippen molar-refractivity contribution in [2.24, 2.45) is 0 Å². The summed E-state index contributed by atoms with van der Waals surface area (Å²) in [7, 11) is -3.71. The van der Waals surface area contributed by atoms with Gasteiger partial charge in [0.15, 0.2) is 11.6 Å². The number of nitrogens with one attached hydrogen (secondary N) is 1. The van der Waals surface area contributed by atoms with Crippen molar-refractivity contribution in [3.8, 4) is 0 Å². The predicted octanol–water partition coefficient (Wildman–Crippen LogP) is 3.81. The van der Waals surface area contributed by atoms with Crippen molar-refractivity contribution in [2.75, 3.05) is 30.2 Å². The number of carbonyl (C=O) groups excluding carboxylic acids is 1. The number of likely N-dealkylation sites (tertiary alicyclic amines) is 1. The fourth-order valence-corrected chi connectivity index (χ4v) is 4.99. The van der Waals surface area contributed by atoms with Crippen LogP contribution in [0, 0.1) is 11.6 Å². The molecule has 0 radical (unpaired) electrons. The Hall–Kier alpha value is -2.52. The maximum absolute atomic E-state index is 13.6. The molecule has 9 heteroatoms. The highest BCUT2D eigenvalue weighted by Crippen LogP contribution is 2.21. The van der Waals surface area contributed by atoms with Gasteiger partial charge in [-0.1, -0.05) is 30.7 Å². The number of amides is 1. The van der Waals surface area contributed by atoms with E-state index in [1.165, 1.54) is 30.9 Å². The first-order chi connectivity index (χ1) is 15.7. The molecule has 180 valence electrons. The molecule has 1 N–H and O–H groups in total. The molecular formula is C24H31F2N3O3S. The second-order valence-electron chi connectivity index (χ2n) is 8.42. The largest absolute Gasteiger partial charge is 0.352 e. The van der Waals surface area contributed by atoms with Gasteiger partial charge in [-0.15, -0.1) is 0 Å². The lowest BCUT2D eigenvalue weighted by Gasteiger charge is -2.27. The van der Waals surface area contributed by atoms with Crippen LogP contribution >= 0.6 is 0 Å². The minimum absolute atomic E-state index is 0.0110. The minimum Gasteiger partial charge on any atom is -0.352 e. The first-order valence-electron chi connectivity index (χ1n) is 11.2. The summed E-state index contributed by atoms with van der Waals surface area (Å²) in [4.78, 5) is 14.8. The maximum atomic E-state index is 13.6. The van der Waals surface area contributed by atoms with Crippen molar-refractivity contribution in [3.63, 3.8) is 0 Å². The Bertz CT molecular complexity index is 1060. The lowest BCUT2D eigenvalue weighted by atomic mass is 10.0. The molecule has 33 heavy (non-hydrogen) atoms. The molecule has 0 bridgehead atoms. The van der Waals surface area contributed by atoms with Crippen LogP contribution in [0.2, 0.25) is 0 Å². The zero-order valence-corrected chi connectivity index (χ0v) is 19.7. The van der Waals surface area contributed by atoms with Crippen LogP contribution in [0.25, 0.3) is 0 Å². The molecular weight excluding hydrogens is 448 g/mol. The molecule has 1 aliphatic heterocycles. The van der Waals surface area contributed by atoms with Gasteiger partial charge in [-0.05, 0) is 55.6 Å². The van der Waals surface area contributed by atoms with Crippen LogP contribution in [0.5, 0.6) is 0 Å². The minimum atomic E-state index is -3.71. The van der Waals surface area contributed by atoms with E-state index in [1.807, 2.05) is 18.2 Å². The van der Waals surface area contributed by atoms with Crippen molar-refractivity contribution in [1.82, 2.24) is 10.2 Å². The second kappa shape index (κ2) is 11.6. The summed E-state index contributed by atoms with van der Waals surface area (Å²) >= 11 is 0. The Morgan fingerprint density at radius 1 is 1.03 bits per heavy atom. The summed E-state index contributed by atoms with van der Waals surface area (Å²) in [6.45, 7) is 3.44. The van der Waals surface area contributed by atoms with Gasteiger partial charge in [0, 0.05) is 32.1 Å². The Kier molecular flexibility index (Phi) is 8.80. The summed E-state index contributed by atoms with van der Waals surface area (Å²) in [5.41, 5.74) is 2.29. The fraction of sp³-hybridized carbons (Fsp3) is 0.458. The number of anilines is 1. The van der Waals surface area contributed by atoms with E-state index in [0.29, 0.717) is 6.54 Å². The number of hydrogen-bond acceptors (Lipinski definition) is 4. The summed E-state index contributed by atoms with van der Waals surface area (Å²) in [5, 5.41) is 2.91. The Morgan fingerprint density at radius 2 is 1.73 bits per heavy atom. The van der Waals surface area contributed by atoms with Gasteiger partial charge in [0.05, 0.1) is 11.9 Å². The van der Waals surface area contributed by atoms with Gasteiger partial charge in [0.2, 0.25) is 15.9 Å². The number of rotatable bonds is 10. The topological polar surface area (TPSA) is 69.7 Å². The maximum Gasteiger partial charge on any atom is 0.232 e. The van der Waals surface area contributed by atoms with Crippen LogP contribution in [-0.4, -0.2) is 45.1 Å². The standard InChI is InChI=1S/C24H31F2N3O3S/c1-33(31,32)29(21-11-12-22(25)23(26)16-21)15-7-10-24(30)27-17-19-8-3-4-9-20(19)18-28-13-5-2-6-14-28/h3-4,8-9,11-12,16H,2,5-7,10,13-15,17-18H2,1H3,(H,27,30). The van der Waals surface area contributed by atoms with Crippen molar-refractivity contribution >= 4 is 21.6 Å². The van der Waals surface area contributed by atoms with Crippen LogP contribution in [0.3, 0.4) is 0 Å². The average Bonchev–Trinajstić information content (AvgIpc) is 2.78. The molecule has 0 atom stereocenters. The van der Waals surface area contributed by atoms with Gasteiger partial charge >= 0.3 is 0 Å². The van der Waals surface area contributed by atoms with Crippen LogP contribution < -0.4 is 9.62 Å². The van der Waals surface area contributed by atoms with Crippen molar-refractivity contribution < 1.29 is 22.0 Å². The molecule has 0 unspecified atom stereocenters. The number of hydrogen-bond donors (Lipinski definition) is 1. The highest BCUT2D eigenvalue weighted by atomic mass is 32.2. The molecule has 1 amide bonds. The molecule has 2 aromatic carbocycles. The van der Waals surface area contributed by atoms with E-state index in [0.717, 1.165) is 47.9 Å². The third kappa shape index (κ3) is 7.50. The van der Waals surface area contributed by atoms with E-state index in [2.05, 4.69) is 16.3 Å². The van der Waals surface area contributed by atoms with Crippen LogP contribution in [-0.2, 0) is 27.9 Å². The number of sulfonamides is 1. The highest BCUT2D eigenvalue weighted by Gasteiger charge is 2.19. The predicted molar refractivity (Wildman–Crippen MR) is 125 cm³/mol. The third-order valence-corrected chi connectivity index (χ3v) is 6.99. The van der Waals surface area contributed by atoms with Crippen LogP contribution in [0.4, 0.5) is 14.5 Å². The molecule has 0 aromatic heterocycles. The molecule has 2 aromatic rings. The Balaban J connectivity index is 1.52. The van der Waals surface area contributed by atoms with Crippen molar-refractivity contribution in [3.05, 3.63) is 65.2 Å². The first kappa shape index (κ1) is 25.1. The second-order valence-corrected chi connectivity index (χ2v) is 10.3. The van der Waals surface area contributed by atoms with Crippen LogP contribution in [0.15, 0.2) is 42.5 Å². The number of carbonyl (C=O) groups is 1. The van der Waals surface area contributed by atoms with Crippen molar-refractivity contribution in [1.29, 1.82) is 0 Å². The smallest absolute Gasteiger partial charge is 0.232 e. The normalized spacial score (nSPS) is 14.8. The molecule has 1 aliphatic rings. The molecule has 0 aliphatic carbocycles. The molecule has 6 nitrogen and oxygen atoms in total. The van der Waals surface area contributed by atoms with Gasteiger partial charge in [-0.2, -0.15) is 0 Å². The van der Waals surface area contributed by atoms with Gasteiger partial charge in [0.25, 0.3) is 0 Å². The fourth-order valence-electron chi connectivity index (χ4n) is 4.03. The number of piperidine rings is 1. The van der Waals surface area contributed by atoms with Crippen LogP contribution in [0.1, 0.15) is 43.2 Å². The zero-order chi connectivity index (χ0) is 23.8. The van der Waals surface area contributed by atoms with Gasteiger partial charge in [-0.3, -0.25) is 14.0 Å². The monoisotopic (exact) mass is 479 g/mol. The number of benzene rings is 2. The number of nitrogens with zero attached hydrogens (tertiary/aromatic N) is 2. The molecule has 0 saturated carbocycles. The highest BCUT2D eigenvalue weighted by molar-refractivity contribution is 7.92. The molecule has 1 fully saturated rings. The summed E-state index contributed by atoms with van der Waals surface area (Å²) < 4.78 is 52.0. The van der Waals surface area contributed by atoms with E-state index in [1.54, 1.807) is 0 Å². The quantitative estimate of drug-likeness (QED) is 0.563. The van der Waals surface area contributed by atoms with E-state index >= 15 is 0 Å². The SMILES string of the molecule is CS(=O)(=O)N(CCCC(=O)NCc1ccccc1CN1CCCCC1)c1ccc(F)c(F)c1. The first-order valence-corrected chi connectivity index (χ1v) is 13.1. The molecule has 3 rings (SSSR count). The lowest BCUT2D eigenvalue weighted by Crippen LogP contribution is -2.32. The van der Waals surface area contributed by atoms with E-state index in [9.17, 15) is 22.0 Å². The van der Waals surface area contributed by atoms with Gasteiger partial charge in [0.1, 0.15) is 0 Å². The van der Waals surface area contributed by atoms with E-state index in [4.69, 9.17) is 0 Å². The van der Waals surface area contributed by atoms with E-state index in [-0.39, 0.29) is 31.0 Å². The van der Waals surface area contributed by atoms with Gasteiger partial charge < -0.3 is 5.32 Å². The third-order valence-electron chi connectivity index (χ3n) is 5.79. The molecule has 1 heterocycles.